The first-order chi connectivity index (χ1) is 10.7. The Bertz CT molecular complexity index is 540. The highest BCUT2D eigenvalue weighted by molar-refractivity contribution is 5.72. The van der Waals surface area contributed by atoms with Crippen LogP contribution in [-0.4, -0.2) is 17.0 Å². The van der Waals surface area contributed by atoms with Gasteiger partial charge in [-0.05, 0) is 18.9 Å². The minimum absolute atomic E-state index is 0.0285. The number of carbonyl (C=O) groups excluding carboxylic acids is 1. The molecule has 7 heteroatoms. The molecule has 0 aliphatic carbocycles. The number of carboxylic acids is 1. The van der Waals surface area contributed by atoms with Crippen molar-refractivity contribution in [3.8, 4) is 0 Å². The Kier molecular flexibility index (Phi) is 7.06. The van der Waals surface area contributed by atoms with Gasteiger partial charge in [-0.2, -0.15) is 13.2 Å². The van der Waals surface area contributed by atoms with E-state index < -0.39 is 36.2 Å². The Hall–Kier alpha value is -2.05. The lowest BCUT2D eigenvalue weighted by Crippen LogP contribution is -2.16. The zero-order chi connectivity index (χ0) is 17.5. The molecule has 0 aromatic heterocycles. The number of esters is 1. The average molecular weight is 332 g/mol. The molecule has 0 spiro atoms. The number of carboxylic acid groups (broad SMARTS) is 1. The Labute approximate surface area is 132 Å². The standard InChI is InChI=1S/C16H19F3O4/c1-11(6-2-5-9-14(20)21)15(22)23-10-12-7-3-4-8-13(12)16(17,18)19/h3-4,7-8,11H,2,5-6,9-10H2,1H3,(H,20,21). The van der Waals surface area contributed by atoms with Gasteiger partial charge in [-0.15, -0.1) is 0 Å². The lowest BCUT2D eigenvalue weighted by atomic mass is 10.0. The summed E-state index contributed by atoms with van der Waals surface area (Å²) in [6.07, 6.45) is -3.04. The van der Waals surface area contributed by atoms with E-state index in [9.17, 15) is 22.8 Å². The van der Waals surface area contributed by atoms with Gasteiger partial charge in [0.2, 0.25) is 0 Å². The number of aliphatic carboxylic acids is 1. The van der Waals surface area contributed by atoms with Crippen LogP contribution in [0.3, 0.4) is 0 Å². The summed E-state index contributed by atoms with van der Waals surface area (Å²) >= 11 is 0. The zero-order valence-corrected chi connectivity index (χ0v) is 12.7. The topological polar surface area (TPSA) is 63.6 Å². The predicted octanol–water partition coefficient (Wildman–Crippen LogP) is 4.03. The second-order valence-corrected chi connectivity index (χ2v) is 5.30. The van der Waals surface area contributed by atoms with Crippen LogP contribution in [-0.2, 0) is 27.1 Å². The number of hydrogen-bond acceptors (Lipinski definition) is 3. The molecule has 1 atom stereocenters. The number of rotatable bonds is 8. The van der Waals surface area contributed by atoms with Gasteiger partial charge in [-0.3, -0.25) is 9.59 Å². The van der Waals surface area contributed by atoms with Gasteiger partial charge in [0.1, 0.15) is 6.61 Å². The largest absolute Gasteiger partial charge is 0.481 e. The van der Waals surface area contributed by atoms with Crippen molar-refractivity contribution >= 4 is 11.9 Å². The van der Waals surface area contributed by atoms with E-state index in [2.05, 4.69) is 0 Å². The molecule has 0 radical (unpaired) electrons. The molecule has 0 aliphatic rings. The first kappa shape index (κ1) is 19.0. The number of halogens is 3. The number of ether oxygens (including phenoxy) is 1. The normalized spacial score (nSPS) is 12.7. The van der Waals surface area contributed by atoms with Gasteiger partial charge >= 0.3 is 18.1 Å². The Morgan fingerprint density at radius 3 is 2.48 bits per heavy atom. The fourth-order valence-electron chi connectivity index (χ4n) is 2.06. The van der Waals surface area contributed by atoms with Crippen LogP contribution in [0.4, 0.5) is 13.2 Å². The van der Waals surface area contributed by atoms with Gasteiger partial charge < -0.3 is 9.84 Å². The quantitative estimate of drug-likeness (QED) is 0.577. The highest BCUT2D eigenvalue weighted by Crippen LogP contribution is 2.32. The molecule has 1 rings (SSSR count). The van der Waals surface area contributed by atoms with E-state index in [0.717, 1.165) is 6.07 Å². The van der Waals surface area contributed by atoms with Crippen LogP contribution in [0.2, 0.25) is 0 Å². The van der Waals surface area contributed by atoms with Crippen molar-refractivity contribution in [1.29, 1.82) is 0 Å². The fraction of sp³-hybridized carbons (Fsp3) is 0.500. The number of benzene rings is 1. The summed E-state index contributed by atoms with van der Waals surface area (Å²) in [5.41, 5.74) is -0.909. The van der Waals surface area contributed by atoms with Crippen LogP contribution in [0.15, 0.2) is 24.3 Å². The average Bonchev–Trinajstić information content (AvgIpc) is 2.48. The summed E-state index contributed by atoms with van der Waals surface area (Å²) in [7, 11) is 0. The van der Waals surface area contributed by atoms with Crippen LogP contribution in [0.5, 0.6) is 0 Å². The van der Waals surface area contributed by atoms with Crippen LogP contribution < -0.4 is 0 Å². The van der Waals surface area contributed by atoms with Gasteiger partial charge in [0.25, 0.3) is 0 Å². The maximum atomic E-state index is 12.8. The summed E-state index contributed by atoms with van der Waals surface area (Å²) in [5.74, 6) is -1.97. The summed E-state index contributed by atoms with van der Waals surface area (Å²) in [4.78, 5) is 22.2. The summed E-state index contributed by atoms with van der Waals surface area (Å²) < 4.78 is 43.4. The van der Waals surface area contributed by atoms with Crippen molar-refractivity contribution in [2.24, 2.45) is 5.92 Å². The highest BCUT2D eigenvalue weighted by Gasteiger charge is 2.33. The summed E-state index contributed by atoms with van der Waals surface area (Å²) in [6.45, 7) is 1.17. The van der Waals surface area contributed by atoms with Crippen LogP contribution in [0, 0.1) is 5.92 Å². The molecule has 0 bridgehead atoms. The molecule has 23 heavy (non-hydrogen) atoms. The van der Waals surface area contributed by atoms with E-state index in [-0.39, 0.29) is 12.0 Å². The van der Waals surface area contributed by atoms with Crippen LogP contribution >= 0.6 is 0 Å². The van der Waals surface area contributed by atoms with Gasteiger partial charge in [0, 0.05) is 12.0 Å². The van der Waals surface area contributed by atoms with Gasteiger partial charge in [0.15, 0.2) is 0 Å². The van der Waals surface area contributed by atoms with Gasteiger partial charge in [-0.25, -0.2) is 0 Å². The summed E-state index contributed by atoms with van der Waals surface area (Å²) in [6, 6.07) is 4.94. The van der Waals surface area contributed by atoms with Gasteiger partial charge in [0.05, 0.1) is 11.5 Å². The first-order valence-corrected chi connectivity index (χ1v) is 7.25. The predicted molar refractivity (Wildman–Crippen MR) is 76.5 cm³/mol. The lowest BCUT2D eigenvalue weighted by molar-refractivity contribution is -0.151. The molecule has 1 aromatic carbocycles. The molecular weight excluding hydrogens is 313 g/mol. The number of carbonyl (C=O) groups is 2. The number of alkyl halides is 3. The number of unbranched alkanes of at least 4 members (excludes halogenated alkanes) is 1. The third-order valence-corrected chi connectivity index (χ3v) is 3.37. The van der Waals surface area contributed by atoms with E-state index in [1.54, 1.807) is 6.92 Å². The Balaban J connectivity index is 2.49. The molecule has 128 valence electrons. The van der Waals surface area contributed by atoms with E-state index in [0.29, 0.717) is 19.3 Å². The van der Waals surface area contributed by atoms with Crippen molar-refractivity contribution < 1.29 is 32.6 Å². The SMILES string of the molecule is CC(CCCCC(=O)O)C(=O)OCc1ccccc1C(F)(F)F. The van der Waals surface area contributed by atoms with Crippen molar-refractivity contribution in [3.63, 3.8) is 0 Å². The monoisotopic (exact) mass is 332 g/mol. The molecule has 1 aromatic rings. The zero-order valence-electron chi connectivity index (χ0n) is 12.7. The van der Waals surface area contributed by atoms with E-state index in [1.165, 1.54) is 18.2 Å². The van der Waals surface area contributed by atoms with E-state index in [4.69, 9.17) is 9.84 Å². The highest BCUT2D eigenvalue weighted by atomic mass is 19.4. The van der Waals surface area contributed by atoms with Crippen molar-refractivity contribution in [1.82, 2.24) is 0 Å². The fourth-order valence-corrected chi connectivity index (χ4v) is 2.06. The minimum atomic E-state index is -4.49. The molecule has 4 nitrogen and oxygen atoms in total. The Morgan fingerprint density at radius 1 is 1.22 bits per heavy atom. The van der Waals surface area contributed by atoms with Gasteiger partial charge in [-0.1, -0.05) is 31.5 Å². The van der Waals surface area contributed by atoms with Crippen LogP contribution in [0.1, 0.15) is 43.7 Å². The van der Waals surface area contributed by atoms with Crippen molar-refractivity contribution in [2.45, 2.75) is 45.4 Å². The second-order valence-electron chi connectivity index (χ2n) is 5.30. The molecule has 0 amide bonds. The van der Waals surface area contributed by atoms with Crippen molar-refractivity contribution in [2.75, 3.05) is 0 Å². The molecule has 0 aliphatic heterocycles. The molecule has 0 heterocycles. The third kappa shape index (κ3) is 6.71. The molecule has 1 N–H and O–H groups in total. The molecule has 0 saturated heterocycles. The van der Waals surface area contributed by atoms with Crippen molar-refractivity contribution in [3.05, 3.63) is 35.4 Å². The number of hydrogen-bond donors (Lipinski definition) is 1. The lowest BCUT2D eigenvalue weighted by Gasteiger charge is -2.15. The minimum Gasteiger partial charge on any atom is -0.481 e. The maximum Gasteiger partial charge on any atom is 0.416 e. The third-order valence-electron chi connectivity index (χ3n) is 3.37. The van der Waals surface area contributed by atoms with Crippen LogP contribution in [0.25, 0.3) is 0 Å². The first-order valence-electron chi connectivity index (χ1n) is 7.25. The smallest absolute Gasteiger partial charge is 0.416 e. The molecule has 0 fully saturated rings. The Morgan fingerprint density at radius 2 is 1.87 bits per heavy atom. The summed E-state index contributed by atoms with van der Waals surface area (Å²) in [5, 5.41) is 8.51. The molecular formula is C16H19F3O4. The molecule has 0 saturated carbocycles. The van der Waals surface area contributed by atoms with E-state index in [1.807, 2.05) is 0 Å². The van der Waals surface area contributed by atoms with E-state index >= 15 is 0 Å². The maximum absolute atomic E-state index is 12.8. The second kappa shape index (κ2) is 8.55. The molecule has 1 unspecified atom stereocenters.